The number of hydrogen-bond acceptors (Lipinski definition) is 1. The molecule has 0 fully saturated rings. The van der Waals surface area contributed by atoms with Gasteiger partial charge in [-0.15, -0.1) is 0 Å². The fraction of sp³-hybridized carbons (Fsp3) is 0.952. The van der Waals surface area contributed by atoms with Gasteiger partial charge in [-0.1, -0.05) is 91.9 Å². The SMILES string of the molecule is CC(=O)CCCC(C)CCCC(C)CCCCCCC(C)C. The maximum Gasteiger partial charge on any atom is 0.129 e. The molecule has 0 spiro atoms. The predicted molar refractivity (Wildman–Crippen MR) is 99.3 cm³/mol. The first-order valence-corrected chi connectivity index (χ1v) is 9.91. The van der Waals surface area contributed by atoms with Crippen LogP contribution in [0.5, 0.6) is 0 Å². The molecule has 0 bridgehead atoms. The van der Waals surface area contributed by atoms with Crippen molar-refractivity contribution in [2.75, 3.05) is 0 Å². The quantitative estimate of drug-likeness (QED) is 0.293. The van der Waals surface area contributed by atoms with E-state index in [-0.39, 0.29) is 0 Å². The van der Waals surface area contributed by atoms with Crippen molar-refractivity contribution >= 4 is 5.78 Å². The van der Waals surface area contributed by atoms with E-state index >= 15 is 0 Å². The smallest absolute Gasteiger partial charge is 0.129 e. The van der Waals surface area contributed by atoms with Crippen LogP contribution in [-0.4, -0.2) is 5.78 Å². The van der Waals surface area contributed by atoms with Gasteiger partial charge in [0.1, 0.15) is 5.78 Å². The Morgan fingerprint density at radius 3 is 1.59 bits per heavy atom. The summed E-state index contributed by atoms with van der Waals surface area (Å²) in [6.07, 6.45) is 15.7. The lowest BCUT2D eigenvalue weighted by molar-refractivity contribution is -0.117. The lowest BCUT2D eigenvalue weighted by Crippen LogP contribution is -2.00. The summed E-state index contributed by atoms with van der Waals surface area (Å²) >= 11 is 0. The van der Waals surface area contributed by atoms with E-state index in [4.69, 9.17) is 0 Å². The molecule has 1 heteroatoms. The minimum absolute atomic E-state index is 0.342. The minimum atomic E-state index is 0.342. The zero-order chi connectivity index (χ0) is 16.8. The van der Waals surface area contributed by atoms with Crippen LogP contribution in [0.2, 0.25) is 0 Å². The number of carbonyl (C=O) groups is 1. The van der Waals surface area contributed by atoms with Crippen LogP contribution in [0, 0.1) is 17.8 Å². The van der Waals surface area contributed by atoms with E-state index in [9.17, 15) is 4.79 Å². The van der Waals surface area contributed by atoms with Gasteiger partial charge >= 0.3 is 0 Å². The van der Waals surface area contributed by atoms with E-state index in [0.29, 0.717) is 5.78 Å². The average molecular weight is 311 g/mol. The Balaban J connectivity index is 3.37. The molecule has 1 nitrogen and oxygen atoms in total. The number of unbranched alkanes of at least 4 members (excludes halogenated alkanes) is 3. The predicted octanol–water partition coefficient (Wildman–Crippen LogP) is 7.18. The van der Waals surface area contributed by atoms with Crippen LogP contribution in [0.25, 0.3) is 0 Å². The van der Waals surface area contributed by atoms with Gasteiger partial charge in [0.05, 0.1) is 0 Å². The van der Waals surface area contributed by atoms with Crippen molar-refractivity contribution in [1.29, 1.82) is 0 Å². The fourth-order valence-corrected chi connectivity index (χ4v) is 3.20. The van der Waals surface area contributed by atoms with E-state index in [1.54, 1.807) is 6.92 Å². The number of carbonyl (C=O) groups excluding carboxylic acids is 1. The molecule has 0 rings (SSSR count). The summed E-state index contributed by atoms with van der Waals surface area (Å²) in [7, 11) is 0. The van der Waals surface area contributed by atoms with E-state index < -0.39 is 0 Å². The number of rotatable bonds is 15. The van der Waals surface area contributed by atoms with Gasteiger partial charge in [0.2, 0.25) is 0 Å². The molecule has 0 N–H and O–H groups in total. The van der Waals surface area contributed by atoms with Gasteiger partial charge in [-0.25, -0.2) is 0 Å². The zero-order valence-electron chi connectivity index (χ0n) is 16.1. The second-order valence-electron chi connectivity index (χ2n) is 8.12. The Labute approximate surface area is 140 Å². The van der Waals surface area contributed by atoms with Crippen LogP contribution in [0.1, 0.15) is 112 Å². The number of hydrogen-bond donors (Lipinski definition) is 0. The van der Waals surface area contributed by atoms with Crippen LogP contribution < -0.4 is 0 Å². The molecule has 2 atom stereocenters. The van der Waals surface area contributed by atoms with Gasteiger partial charge in [0, 0.05) is 6.42 Å². The van der Waals surface area contributed by atoms with Crippen molar-refractivity contribution in [1.82, 2.24) is 0 Å². The number of ketones is 1. The van der Waals surface area contributed by atoms with Crippen molar-refractivity contribution in [2.24, 2.45) is 17.8 Å². The third-order valence-electron chi connectivity index (χ3n) is 4.85. The maximum absolute atomic E-state index is 10.9. The first-order chi connectivity index (χ1) is 10.4. The van der Waals surface area contributed by atoms with Gasteiger partial charge < -0.3 is 4.79 Å². The van der Waals surface area contributed by atoms with Crippen LogP contribution in [0.4, 0.5) is 0 Å². The molecule has 0 aromatic carbocycles. The van der Waals surface area contributed by atoms with Crippen LogP contribution in [0.15, 0.2) is 0 Å². The normalized spacial score (nSPS) is 14.3. The second kappa shape index (κ2) is 14.3. The van der Waals surface area contributed by atoms with Gasteiger partial charge in [-0.3, -0.25) is 0 Å². The molecular formula is C21H42O. The Bertz CT molecular complexity index is 257. The summed E-state index contributed by atoms with van der Waals surface area (Å²) in [5.41, 5.74) is 0. The summed E-state index contributed by atoms with van der Waals surface area (Å²) in [4.78, 5) is 10.9. The molecule has 132 valence electrons. The maximum atomic E-state index is 10.9. The van der Waals surface area contributed by atoms with Crippen molar-refractivity contribution in [2.45, 2.75) is 112 Å². The molecule has 0 aromatic rings. The fourth-order valence-electron chi connectivity index (χ4n) is 3.20. The molecule has 0 radical (unpaired) electrons. The zero-order valence-corrected chi connectivity index (χ0v) is 16.1. The highest BCUT2D eigenvalue weighted by atomic mass is 16.1. The van der Waals surface area contributed by atoms with Gasteiger partial charge in [0.15, 0.2) is 0 Å². The summed E-state index contributed by atoms with van der Waals surface area (Å²) in [6.45, 7) is 11.1. The van der Waals surface area contributed by atoms with Crippen LogP contribution in [0.3, 0.4) is 0 Å². The van der Waals surface area contributed by atoms with Crippen molar-refractivity contribution in [3.63, 3.8) is 0 Å². The molecule has 2 unspecified atom stereocenters. The third-order valence-corrected chi connectivity index (χ3v) is 4.85. The van der Waals surface area contributed by atoms with E-state index in [1.165, 1.54) is 64.2 Å². The Morgan fingerprint density at radius 1 is 0.636 bits per heavy atom. The lowest BCUT2D eigenvalue weighted by atomic mass is 9.92. The highest BCUT2D eigenvalue weighted by Gasteiger charge is 2.06. The monoisotopic (exact) mass is 310 g/mol. The molecule has 22 heavy (non-hydrogen) atoms. The average Bonchev–Trinajstić information content (AvgIpc) is 2.42. The minimum Gasteiger partial charge on any atom is -0.300 e. The molecule has 0 saturated carbocycles. The van der Waals surface area contributed by atoms with Gasteiger partial charge in [0.25, 0.3) is 0 Å². The summed E-state index contributed by atoms with van der Waals surface area (Å²) in [5.74, 6) is 2.91. The summed E-state index contributed by atoms with van der Waals surface area (Å²) in [6, 6.07) is 0. The second-order valence-corrected chi connectivity index (χ2v) is 8.12. The van der Waals surface area contributed by atoms with E-state index in [2.05, 4.69) is 27.7 Å². The Morgan fingerprint density at radius 2 is 1.09 bits per heavy atom. The molecule has 0 saturated heterocycles. The van der Waals surface area contributed by atoms with Crippen LogP contribution >= 0.6 is 0 Å². The Hall–Kier alpha value is -0.330. The van der Waals surface area contributed by atoms with Gasteiger partial charge in [-0.2, -0.15) is 0 Å². The molecule has 0 aliphatic rings. The van der Waals surface area contributed by atoms with E-state index in [1.807, 2.05) is 0 Å². The summed E-state index contributed by atoms with van der Waals surface area (Å²) < 4.78 is 0. The van der Waals surface area contributed by atoms with Crippen LogP contribution in [-0.2, 0) is 4.79 Å². The molecule has 0 amide bonds. The topological polar surface area (TPSA) is 17.1 Å². The van der Waals surface area contributed by atoms with Gasteiger partial charge in [-0.05, 0) is 31.1 Å². The van der Waals surface area contributed by atoms with Crippen molar-refractivity contribution in [3.8, 4) is 0 Å². The van der Waals surface area contributed by atoms with Crippen molar-refractivity contribution < 1.29 is 4.79 Å². The van der Waals surface area contributed by atoms with E-state index in [0.717, 1.165) is 30.6 Å². The first-order valence-electron chi connectivity index (χ1n) is 9.91. The Kier molecular flexibility index (Phi) is 14.1. The molecule has 0 aromatic heterocycles. The standard InChI is InChI=1S/C21H42O/c1-18(2)12-8-6-7-9-13-19(3)14-10-15-20(4)16-11-17-21(5)22/h18-20H,6-17H2,1-5H3. The molecular weight excluding hydrogens is 268 g/mol. The highest BCUT2D eigenvalue weighted by Crippen LogP contribution is 2.21. The third kappa shape index (κ3) is 16.0. The van der Waals surface area contributed by atoms with Crippen molar-refractivity contribution in [3.05, 3.63) is 0 Å². The number of Topliss-reactive ketones (excluding diaryl/α,β-unsaturated/α-hetero) is 1. The first kappa shape index (κ1) is 21.7. The highest BCUT2D eigenvalue weighted by molar-refractivity contribution is 5.75. The molecule has 0 aliphatic heterocycles. The summed E-state index contributed by atoms with van der Waals surface area (Å²) in [5, 5.41) is 0. The molecule has 0 aliphatic carbocycles. The lowest BCUT2D eigenvalue weighted by Gasteiger charge is -2.14. The largest absolute Gasteiger partial charge is 0.300 e. The molecule has 0 heterocycles.